The van der Waals surface area contributed by atoms with Gasteiger partial charge in [-0.1, -0.05) is 0 Å². The largest absolute Gasteiger partial charge is 0.346 e. The molecule has 146 valence electrons. The summed E-state index contributed by atoms with van der Waals surface area (Å²) in [4.78, 5) is 31.1. The highest BCUT2D eigenvalue weighted by molar-refractivity contribution is 5.91. The van der Waals surface area contributed by atoms with Crippen LogP contribution in [0, 0.1) is 18.6 Å². The van der Waals surface area contributed by atoms with Crippen molar-refractivity contribution in [2.75, 3.05) is 10.6 Å². The first kappa shape index (κ1) is 18.4. The third-order valence-corrected chi connectivity index (χ3v) is 4.08. The minimum atomic E-state index is -0.626. The maximum absolute atomic E-state index is 14.3. The fourth-order valence-corrected chi connectivity index (χ4v) is 2.73. The number of nitrogens with zero attached hydrogens (tertiary/aromatic N) is 4. The number of aryl methyl sites for hydroxylation is 1. The van der Waals surface area contributed by atoms with Crippen molar-refractivity contribution < 1.29 is 13.6 Å². The van der Waals surface area contributed by atoms with Crippen molar-refractivity contribution in [2.24, 2.45) is 0 Å². The number of aromatic nitrogens is 5. The van der Waals surface area contributed by atoms with E-state index in [1.807, 2.05) is 0 Å². The fraction of sp³-hybridized carbons (Fsp3) is 0.105. The van der Waals surface area contributed by atoms with Crippen molar-refractivity contribution in [1.82, 2.24) is 24.9 Å². The molecule has 4 rings (SSSR count). The van der Waals surface area contributed by atoms with E-state index in [0.29, 0.717) is 22.5 Å². The monoisotopic (exact) mass is 395 g/mol. The summed E-state index contributed by atoms with van der Waals surface area (Å²) in [6.45, 7) is 2.87. The normalized spacial score (nSPS) is 10.9. The topological polar surface area (TPSA) is 108 Å². The standard InChI is InChI=1S/C19H15F2N7O/c1-9-12(20)3-4-14(24-9)19-27-17-11(5-6-22-17)18(28-19)26-15-7-16(25-10(2)29)23-8-13(15)21/h3-8H,1-2H3,(H3,22,23,25,26,27,28,29). The molecule has 4 heterocycles. The van der Waals surface area contributed by atoms with Crippen LogP contribution in [0.5, 0.6) is 0 Å². The molecule has 10 heteroatoms. The molecular formula is C19H15F2N7O. The van der Waals surface area contributed by atoms with Gasteiger partial charge < -0.3 is 15.6 Å². The Balaban J connectivity index is 1.79. The van der Waals surface area contributed by atoms with Gasteiger partial charge >= 0.3 is 0 Å². The van der Waals surface area contributed by atoms with Gasteiger partial charge in [0.1, 0.15) is 28.8 Å². The highest BCUT2D eigenvalue weighted by atomic mass is 19.1. The van der Waals surface area contributed by atoms with E-state index in [1.54, 1.807) is 19.2 Å². The van der Waals surface area contributed by atoms with Gasteiger partial charge in [0, 0.05) is 19.2 Å². The Kier molecular flexibility index (Phi) is 4.59. The molecule has 8 nitrogen and oxygen atoms in total. The van der Waals surface area contributed by atoms with Crippen LogP contribution in [-0.2, 0) is 4.79 Å². The zero-order valence-electron chi connectivity index (χ0n) is 15.4. The molecule has 0 saturated heterocycles. The highest BCUT2D eigenvalue weighted by Gasteiger charge is 2.15. The van der Waals surface area contributed by atoms with Crippen molar-refractivity contribution in [3.05, 3.63) is 54.0 Å². The van der Waals surface area contributed by atoms with Gasteiger partial charge in [-0.2, -0.15) is 0 Å². The van der Waals surface area contributed by atoms with Gasteiger partial charge in [0.2, 0.25) is 5.91 Å². The molecule has 0 bridgehead atoms. The van der Waals surface area contributed by atoms with Crippen LogP contribution < -0.4 is 10.6 Å². The molecule has 0 aliphatic rings. The molecule has 0 aliphatic carbocycles. The van der Waals surface area contributed by atoms with Crippen LogP contribution in [-0.4, -0.2) is 30.8 Å². The Morgan fingerprint density at radius 3 is 2.69 bits per heavy atom. The minimum absolute atomic E-state index is 0.0687. The quantitative estimate of drug-likeness (QED) is 0.486. The number of H-pyrrole nitrogens is 1. The van der Waals surface area contributed by atoms with Crippen LogP contribution in [0.15, 0.2) is 36.7 Å². The number of hydrogen-bond acceptors (Lipinski definition) is 6. The molecule has 0 radical (unpaired) electrons. The van der Waals surface area contributed by atoms with Crippen LogP contribution in [0.1, 0.15) is 12.6 Å². The number of halogens is 2. The van der Waals surface area contributed by atoms with Gasteiger partial charge in [0.25, 0.3) is 0 Å². The van der Waals surface area contributed by atoms with E-state index in [-0.39, 0.29) is 28.9 Å². The third-order valence-electron chi connectivity index (χ3n) is 4.08. The summed E-state index contributed by atoms with van der Waals surface area (Å²) in [5, 5.41) is 6.03. The highest BCUT2D eigenvalue weighted by Crippen LogP contribution is 2.28. The number of aromatic amines is 1. The average Bonchev–Trinajstić information content (AvgIpc) is 3.15. The smallest absolute Gasteiger partial charge is 0.222 e. The number of hydrogen-bond donors (Lipinski definition) is 3. The van der Waals surface area contributed by atoms with Crippen molar-refractivity contribution in [3.8, 4) is 11.5 Å². The summed E-state index contributed by atoms with van der Waals surface area (Å²) in [5.74, 6) is -0.644. The maximum Gasteiger partial charge on any atom is 0.222 e. The van der Waals surface area contributed by atoms with Gasteiger partial charge in [-0.25, -0.2) is 28.7 Å². The van der Waals surface area contributed by atoms with Crippen molar-refractivity contribution in [2.45, 2.75) is 13.8 Å². The Labute approximate surface area is 163 Å². The summed E-state index contributed by atoms with van der Waals surface area (Å²) < 4.78 is 27.9. The van der Waals surface area contributed by atoms with Crippen molar-refractivity contribution >= 4 is 34.3 Å². The van der Waals surface area contributed by atoms with Crippen LogP contribution in [0.4, 0.5) is 26.1 Å². The van der Waals surface area contributed by atoms with Crippen molar-refractivity contribution in [1.29, 1.82) is 0 Å². The molecule has 0 saturated carbocycles. The number of fused-ring (bicyclic) bond motifs is 1. The molecule has 0 spiro atoms. The number of anilines is 3. The third kappa shape index (κ3) is 3.72. The van der Waals surface area contributed by atoms with Gasteiger partial charge in [-0.15, -0.1) is 0 Å². The van der Waals surface area contributed by atoms with E-state index in [2.05, 4.69) is 35.6 Å². The zero-order valence-corrected chi connectivity index (χ0v) is 15.4. The summed E-state index contributed by atoms with van der Waals surface area (Å²) in [6, 6.07) is 5.85. The molecule has 1 amide bonds. The van der Waals surface area contributed by atoms with E-state index in [4.69, 9.17) is 0 Å². The lowest BCUT2D eigenvalue weighted by molar-refractivity contribution is -0.114. The van der Waals surface area contributed by atoms with E-state index >= 15 is 0 Å². The lowest BCUT2D eigenvalue weighted by Gasteiger charge is -2.11. The maximum atomic E-state index is 14.3. The molecule has 0 unspecified atom stereocenters. The van der Waals surface area contributed by atoms with Crippen LogP contribution in [0.3, 0.4) is 0 Å². The first-order valence-electron chi connectivity index (χ1n) is 8.59. The van der Waals surface area contributed by atoms with E-state index in [1.165, 1.54) is 25.1 Å². The van der Waals surface area contributed by atoms with Gasteiger partial charge in [0.05, 0.1) is 23.0 Å². The second-order valence-corrected chi connectivity index (χ2v) is 6.26. The second kappa shape index (κ2) is 7.23. The zero-order chi connectivity index (χ0) is 20.5. The molecule has 0 fully saturated rings. The number of amides is 1. The van der Waals surface area contributed by atoms with Crippen LogP contribution >= 0.6 is 0 Å². The van der Waals surface area contributed by atoms with Gasteiger partial charge in [-0.05, 0) is 25.1 Å². The number of rotatable bonds is 4. The van der Waals surface area contributed by atoms with E-state index < -0.39 is 11.6 Å². The van der Waals surface area contributed by atoms with Crippen LogP contribution in [0.25, 0.3) is 22.6 Å². The van der Waals surface area contributed by atoms with E-state index in [0.717, 1.165) is 6.20 Å². The number of carbonyl (C=O) groups is 1. The Morgan fingerprint density at radius 2 is 1.93 bits per heavy atom. The molecule has 4 aromatic rings. The van der Waals surface area contributed by atoms with E-state index in [9.17, 15) is 13.6 Å². The minimum Gasteiger partial charge on any atom is -0.346 e. The fourth-order valence-electron chi connectivity index (χ4n) is 2.73. The summed E-state index contributed by atoms with van der Waals surface area (Å²) >= 11 is 0. The first-order valence-corrected chi connectivity index (χ1v) is 8.59. The molecule has 4 aromatic heterocycles. The predicted octanol–water partition coefficient (Wildman–Crippen LogP) is 3.70. The first-order chi connectivity index (χ1) is 13.9. The predicted molar refractivity (Wildman–Crippen MR) is 104 cm³/mol. The number of carbonyl (C=O) groups excluding carboxylic acids is 1. The lowest BCUT2D eigenvalue weighted by Crippen LogP contribution is -2.08. The van der Waals surface area contributed by atoms with Crippen LogP contribution in [0.2, 0.25) is 0 Å². The molecule has 0 aromatic carbocycles. The van der Waals surface area contributed by atoms with Crippen molar-refractivity contribution in [3.63, 3.8) is 0 Å². The molecular weight excluding hydrogens is 380 g/mol. The molecule has 29 heavy (non-hydrogen) atoms. The Morgan fingerprint density at radius 1 is 1.10 bits per heavy atom. The average molecular weight is 395 g/mol. The van der Waals surface area contributed by atoms with Gasteiger partial charge in [-0.3, -0.25) is 4.79 Å². The molecule has 0 aliphatic heterocycles. The summed E-state index contributed by atoms with van der Waals surface area (Å²) in [6.07, 6.45) is 2.66. The summed E-state index contributed by atoms with van der Waals surface area (Å²) in [7, 11) is 0. The lowest BCUT2D eigenvalue weighted by atomic mass is 10.2. The summed E-state index contributed by atoms with van der Waals surface area (Å²) in [5.41, 5.74) is 1.15. The molecule has 3 N–H and O–H groups in total. The molecule has 0 atom stereocenters. The number of nitrogens with one attached hydrogen (secondary N) is 3. The Hall–Kier alpha value is -3.95. The number of pyridine rings is 2. The SMILES string of the molecule is CC(=O)Nc1cc(Nc2nc(-c3ccc(F)c(C)n3)nc3[nH]ccc23)c(F)cn1. The Bertz CT molecular complexity index is 1240. The second-order valence-electron chi connectivity index (χ2n) is 6.26. The van der Waals surface area contributed by atoms with Gasteiger partial charge in [0.15, 0.2) is 11.6 Å².